The summed E-state index contributed by atoms with van der Waals surface area (Å²) in [7, 11) is 0. The molecule has 0 aromatic heterocycles. The van der Waals surface area contributed by atoms with Gasteiger partial charge in [-0.3, -0.25) is 29.6 Å². The van der Waals surface area contributed by atoms with Gasteiger partial charge in [-0.25, -0.2) is 0 Å². The van der Waals surface area contributed by atoms with Crippen LogP contribution in [0.3, 0.4) is 0 Å². The summed E-state index contributed by atoms with van der Waals surface area (Å²) in [6.07, 6.45) is 1.64. The number of nitrogens with one attached hydrogen (secondary N) is 4. The highest BCUT2D eigenvalue weighted by molar-refractivity contribution is 5.98. The van der Waals surface area contributed by atoms with Gasteiger partial charge in [0.2, 0.25) is 23.6 Å². The summed E-state index contributed by atoms with van der Waals surface area (Å²) >= 11 is 0. The van der Waals surface area contributed by atoms with Crippen LogP contribution in [0.25, 0.3) is 0 Å². The number of nitrogens with zero attached hydrogens (tertiary/aromatic N) is 3. The van der Waals surface area contributed by atoms with E-state index in [0.29, 0.717) is 39.0 Å². The lowest BCUT2D eigenvalue weighted by Crippen LogP contribution is -2.60. The van der Waals surface area contributed by atoms with Crippen molar-refractivity contribution in [1.82, 2.24) is 25.8 Å². The molecule has 1 saturated carbocycles. The molecule has 4 amide bonds. The van der Waals surface area contributed by atoms with Crippen LogP contribution in [0.15, 0.2) is 65.7 Å². The van der Waals surface area contributed by atoms with Gasteiger partial charge in [0.1, 0.15) is 17.6 Å². The molecule has 2 aromatic rings. The van der Waals surface area contributed by atoms with Gasteiger partial charge in [0, 0.05) is 45.1 Å². The van der Waals surface area contributed by atoms with E-state index in [1.54, 1.807) is 9.80 Å². The Morgan fingerprint density at radius 1 is 0.824 bits per heavy atom. The van der Waals surface area contributed by atoms with E-state index in [1.807, 2.05) is 74.5 Å². The van der Waals surface area contributed by atoms with Crippen molar-refractivity contribution >= 4 is 35.5 Å². The van der Waals surface area contributed by atoms with E-state index >= 15 is 0 Å². The highest BCUT2D eigenvalue weighted by atomic mass is 16.2. The number of aliphatic imine (C=N–C) groups is 1. The summed E-state index contributed by atoms with van der Waals surface area (Å²) in [6.45, 7) is 5.66. The molecule has 1 unspecified atom stereocenters. The Bertz CT molecular complexity index is 1550. The molecule has 0 bridgehead atoms. The first-order chi connectivity index (χ1) is 24.3. The second-order valence-electron chi connectivity index (χ2n) is 13.9. The smallest absolute Gasteiger partial charge is 0.248 e. The number of rotatable bonds is 15. The maximum absolute atomic E-state index is 14.1. The minimum Gasteiger partial charge on any atom is -0.370 e. The number of nitrogens with two attached hydrogens (primary N) is 4. The predicted molar refractivity (Wildman–Crippen MR) is 196 cm³/mol. The van der Waals surface area contributed by atoms with Gasteiger partial charge >= 0.3 is 0 Å². The maximum atomic E-state index is 14.1. The molecule has 15 heteroatoms. The largest absolute Gasteiger partial charge is 0.370 e. The number of guanidine groups is 2. The van der Waals surface area contributed by atoms with E-state index < -0.39 is 41.4 Å². The summed E-state index contributed by atoms with van der Waals surface area (Å²) < 4.78 is 0. The van der Waals surface area contributed by atoms with Crippen molar-refractivity contribution < 1.29 is 19.2 Å². The van der Waals surface area contributed by atoms with Gasteiger partial charge in [-0.05, 0) is 42.7 Å². The zero-order valence-corrected chi connectivity index (χ0v) is 29.5. The lowest BCUT2D eigenvalue weighted by Gasteiger charge is -2.30. The molecule has 4 rings (SSSR count). The van der Waals surface area contributed by atoms with Crippen molar-refractivity contribution in [2.75, 3.05) is 32.7 Å². The summed E-state index contributed by atoms with van der Waals surface area (Å²) in [5.74, 6) is -2.39. The van der Waals surface area contributed by atoms with Gasteiger partial charge in [0.25, 0.3) is 0 Å². The molecular weight excluding hydrogens is 650 g/mol. The Labute approximate surface area is 299 Å². The Hall–Kier alpha value is -5.18. The monoisotopic (exact) mass is 703 g/mol. The first kappa shape index (κ1) is 38.6. The molecule has 15 nitrogen and oxygen atoms in total. The highest BCUT2D eigenvalue weighted by Crippen LogP contribution is 2.45. The molecule has 1 heterocycles. The van der Waals surface area contributed by atoms with Gasteiger partial charge in [-0.2, -0.15) is 0 Å². The number of carbonyl (C=O) groups excluding carboxylic acids is 4. The molecule has 1 aliphatic carbocycles. The molecule has 276 valence electrons. The molecule has 2 aromatic carbocycles. The van der Waals surface area contributed by atoms with E-state index in [1.165, 1.54) is 0 Å². The normalized spacial score (nSPS) is 20.3. The SMILES string of the molecule is CC(C)C[C@@H](NC(=O)[C@@H](Cc1ccccc1)NC(=O)[C@H](N)Cc1ccccc1)C(=O)NC1(C(=O)N2CCCN(C(=N)N)CC2)C[C@@H]1CN=C(N)N. The van der Waals surface area contributed by atoms with Crippen LogP contribution in [-0.4, -0.2) is 102 Å². The van der Waals surface area contributed by atoms with Gasteiger partial charge in [-0.1, -0.05) is 74.5 Å². The van der Waals surface area contributed by atoms with Gasteiger partial charge in [-0.15, -0.1) is 0 Å². The van der Waals surface area contributed by atoms with Crippen molar-refractivity contribution in [2.45, 2.75) is 69.6 Å². The van der Waals surface area contributed by atoms with Crippen LogP contribution < -0.4 is 38.9 Å². The van der Waals surface area contributed by atoms with Crippen molar-refractivity contribution in [2.24, 2.45) is 39.8 Å². The number of hydrogen-bond donors (Lipinski definition) is 8. The minimum atomic E-state index is -1.27. The third-order valence-corrected chi connectivity index (χ3v) is 9.34. The Kier molecular flexibility index (Phi) is 13.4. The summed E-state index contributed by atoms with van der Waals surface area (Å²) in [6, 6.07) is 15.7. The van der Waals surface area contributed by atoms with Crippen LogP contribution in [0.1, 0.15) is 44.2 Å². The average molecular weight is 704 g/mol. The lowest BCUT2D eigenvalue weighted by molar-refractivity contribution is -0.139. The first-order valence-corrected chi connectivity index (χ1v) is 17.5. The fourth-order valence-corrected chi connectivity index (χ4v) is 6.46. The maximum Gasteiger partial charge on any atom is 0.248 e. The zero-order chi connectivity index (χ0) is 37.1. The Balaban J connectivity index is 1.53. The Morgan fingerprint density at radius 3 is 1.98 bits per heavy atom. The second-order valence-corrected chi connectivity index (χ2v) is 13.9. The number of carbonyl (C=O) groups is 4. The summed E-state index contributed by atoms with van der Waals surface area (Å²) in [4.78, 5) is 63.1. The van der Waals surface area contributed by atoms with E-state index in [0.717, 1.165) is 11.1 Å². The molecule has 0 radical (unpaired) electrons. The highest BCUT2D eigenvalue weighted by Gasteiger charge is 2.62. The van der Waals surface area contributed by atoms with E-state index in [9.17, 15) is 19.2 Å². The third-order valence-electron chi connectivity index (χ3n) is 9.34. The molecule has 12 N–H and O–H groups in total. The Morgan fingerprint density at radius 2 is 1.39 bits per heavy atom. The second kappa shape index (κ2) is 17.7. The lowest BCUT2D eigenvalue weighted by atomic mass is 9.99. The van der Waals surface area contributed by atoms with Crippen LogP contribution in [0.5, 0.6) is 0 Å². The number of amides is 4. The van der Waals surface area contributed by atoms with Crippen LogP contribution in [-0.2, 0) is 32.0 Å². The quantitative estimate of drug-likeness (QED) is 0.0869. The number of benzene rings is 2. The third kappa shape index (κ3) is 10.9. The van der Waals surface area contributed by atoms with Gasteiger partial charge in [0.15, 0.2) is 11.9 Å². The molecule has 2 aliphatic rings. The van der Waals surface area contributed by atoms with Crippen molar-refractivity contribution in [1.29, 1.82) is 5.41 Å². The van der Waals surface area contributed by atoms with Crippen molar-refractivity contribution in [3.8, 4) is 0 Å². The molecule has 1 aliphatic heterocycles. The number of hydrogen-bond acceptors (Lipinski definition) is 7. The molecule has 1 saturated heterocycles. The molecule has 51 heavy (non-hydrogen) atoms. The van der Waals surface area contributed by atoms with E-state index in [4.69, 9.17) is 28.3 Å². The zero-order valence-electron chi connectivity index (χ0n) is 29.5. The predicted octanol–water partition coefficient (Wildman–Crippen LogP) is -0.609. The average Bonchev–Trinajstić information content (AvgIpc) is 3.85. The van der Waals surface area contributed by atoms with Crippen LogP contribution >= 0.6 is 0 Å². The van der Waals surface area contributed by atoms with Crippen LogP contribution in [0.4, 0.5) is 0 Å². The summed E-state index contributed by atoms with van der Waals surface area (Å²) in [5, 5.41) is 16.5. The minimum absolute atomic E-state index is 0.00558. The van der Waals surface area contributed by atoms with Crippen LogP contribution in [0.2, 0.25) is 0 Å². The van der Waals surface area contributed by atoms with Gasteiger partial charge in [0.05, 0.1) is 6.04 Å². The topological polar surface area (TPSA) is 251 Å². The fraction of sp³-hybridized carbons (Fsp3) is 0.500. The molecule has 5 atom stereocenters. The summed E-state index contributed by atoms with van der Waals surface area (Å²) in [5.41, 5.74) is 23.6. The van der Waals surface area contributed by atoms with Crippen molar-refractivity contribution in [3.05, 3.63) is 71.8 Å². The van der Waals surface area contributed by atoms with Crippen LogP contribution in [0, 0.1) is 17.2 Å². The van der Waals surface area contributed by atoms with E-state index in [-0.39, 0.29) is 55.5 Å². The van der Waals surface area contributed by atoms with E-state index in [2.05, 4.69) is 20.9 Å². The fourth-order valence-electron chi connectivity index (χ4n) is 6.46. The van der Waals surface area contributed by atoms with Crippen molar-refractivity contribution in [3.63, 3.8) is 0 Å². The molecular formula is C36H53N11O4. The standard InChI is InChI=1S/C36H53N11O4/c1-23(2)18-28(32(50)45-36(21-26(36)22-42-34(38)39)33(51)46-14-9-15-47(17-16-46)35(40)41)44-31(49)29(20-25-12-7-4-8-13-25)43-30(48)27(37)19-24-10-5-3-6-11-24/h3-8,10-13,23,26-29H,9,14-22,37H2,1-2H3,(H3,40,41)(H,43,48)(H,44,49)(H,45,50)(H4,38,39,42)/t26-,27-,28-,29-,36?/m1/s1. The molecule has 2 fully saturated rings. The van der Waals surface area contributed by atoms with Gasteiger partial charge < -0.3 is 48.7 Å². The molecule has 0 spiro atoms. The first-order valence-electron chi connectivity index (χ1n) is 17.5.